The van der Waals surface area contributed by atoms with E-state index in [0.717, 1.165) is 12.1 Å². The number of benzene rings is 2. The number of sulfonamides is 1. The van der Waals surface area contributed by atoms with E-state index in [1.54, 1.807) is 6.07 Å². The molecule has 1 aliphatic rings. The average molecular weight is 495 g/mol. The van der Waals surface area contributed by atoms with Crippen molar-refractivity contribution in [2.24, 2.45) is 0 Å². The molecule has 0 spiro atoms. The lowest BCUT2D eigenvalue weighted by atomic mass is 10.1. The van der Waals surface area contributed by atoms with Crippen LogP contribution in [-0.4, -0.2) is 33.8 Å². The largest absolute Gasteiger partial charge is 0.483 e. The molecule has 4 rings (SSSR count). The van der Waals surface area contributed by atoms with Gasteiger partial charge in [0.15, 0.2) is 11.3 Å². The Morgan fingerprint density at radius 1 is 1.16 bits per heavy atom. The molecule has 3 aromatic rings. The molecule has 2 aromatic carbocycles. The lowest BCUT2D eigenvalue weighted by molar-refractivity contribution is -0.139. The van der Waals surface area contributed by atoms with Crippen LogP contribution in [0.5, 0.6) is 5.75 Å². The van der Waals surface area contributed by atoms with E-state index in [4.69, 9.17) is 9.15 Å². The van der Waals surface area contributed by atoms with Crippen molar-refractivity contribution in [3.05, 3.63) is 54.3 Å². The van der Waals surface area contributed by atoms with Crippen molar-refractivity contribution in [3.8, 4) is 5.75 Å². The summed E-state index contributed by atoms with van der Waals surface area (Å²) in [5, 5.41) is 3.35. The minimum Gasteiger partial charge on any atom is -0.483 e. The lowest BCUT2D eigenvalue weighted by Crippen LogP contribution is -2.44. The monoisotopic (exact) mass is 494 g/mol. The molecule has 6 nitrogen and oxygen atoms in total. The van der Waals surface area contributed by atoms with Gasteiger partial charge in [0.05, 0.1) is 22.4 Å². The van der Waals surface area contributed by atoms with E-state index < -0.39 is 38.9 Å². The zero-order valence-electron chi connectivity index (χ0n) is 16.4. The van der Waals surface area contributed by atoms with E-state index >= 15 is 0 Å². The van der Waals surface area contributed by atoms with E-state index in [2.05, 4.69) is 10.0 Å². The molecule has 0 unspecified atom stereocenters. The first kappa shape index (κ1) is 24.1. The molecule has 0 saturated carbocycles. The van der Waals surface area contributed by atoms with Gasteiger partial charge in [0.1, 0.15) is 12.3 Å². The number of furan rings is 1. The Balaban J connectivity index is 0.00000289. The number of alkyl halides is 4. The molecule has 2 heterocycles. The maximum absolute atomic E-state index is 14.2. The second-order valence-electron chi connectivity index (χ2n) is 7.08. The Labute approximate surface area is 187 Å². The van der Waals surface area contributed by atoms with Crippen molar-refractivity contribution in [2.75, 3.05) is 17.8 Å². The quantitative estimate of drug-likeness (QED) is 0.500. The number of ether oxygens (including phenoxy) is 1. The summed E-state index contributed by atoms with van der Waals surface area (Å²) in [6.07, 6.45) is -5.16. The Morgan fingerprint density at radius 3 is 2.62 bits per heavy atom. The number of anilines is 1. The Bertz CT molecular complexity index is 1200. The van der Waals surface area contributed by atoms with E-state index in [1.165, 1.54) is 24.5 Å². The van der Waals surface area contributed by atoms with Gasteiger partial charge in [-0.25, -0.2) is 12.8 Å². The van der Waals surface area contributed by atoms with Crippen LogP contribution in [0.4, 0.5) is 23.2 Å². The number of nitrogens with one attached hydrogen (secondary N) is 2. The van der Waals surface area contributed by atoms with Crippen LogP contribution in [0.1, 0.15) is 12.0 Å². The molecule has 1 saturated heterocycles. The zero-order valence-corrected chi connectivity index (χ0v) is 18.0. The van der Waals surface area contributed by atoms with Gasteiger partial charge in [-0.2, -0.15) is 13.2 Å². The van der Waals surface area contributed by atoms with Crippen LogP contribution in [0.25, 0.3) is 11.0 Å². The highest BCUT2D eigenvalue weighted by molar-refractivity contribution is 7.92. The minimum absolute atomic E-state index is 0. The second kappa shape index (κ2) is 9.16. The summed E-state index contributed by atoms with van der Waals surface area (Å²) in [6, 6.07) is 8.10. The van der Waals surface area contributed by atoms with Gasteiger partial charge < -0.3 is 14.5 Å². The SMILES string of the molecule is Cl.O=S(=O)(Nc1cc(O[C@H]2CCNC[C@@H]2F)c2occc2c1)c1ccccc1C(F)(F)F. The number of fused-ring (bicyclic) bond motifs is 1. The molecule has 32 heavy (non-hydrogen) atoms. The molecule has 1 fully saturated rings. The maximum atomic E-state index is 14.2. The van der Waals surface area contributed by atoms with Crippen LogP contribution in [0.15, 0.2) is 58.0 Å². The molecule has 0 aliphatic carbocycles. The summed E-state index contributed by atoms with van der Waals surface area (Å²) in [5.74, 6) is 0.0962. The number of rotatable bonds is 5. The molecule has 2 N–H and O–H groups in total. The van der Waals surface area contributed by atoms with Crippen molar-refractivity contribution in [3.63, 3.8) is 0 Å². The third-order valence-electron chi connectivity index (χ3n) is 4.88. The highest BCUT2D eigenvalue weighted by atomic mass is 35.5. The summed E-state index contributed by atoms with van der Waals surface area (Å²) in [7, 11) is -4.58. The van der Waals surface area contributed by atoms with Crippen molar-refractivity contribution >= 4 is 39.1 Å². The molecule has 174 valence electrons. The fourth-order valence-electron chi connectivity index (χ4n) is 3.43. The first-order chi connectivity index (χ1) is 14.6. The first-order valence-electron chi connectivity index (χ1n) is 9.37. The van der Waals surface area contributed by atoms with Crippen molar-refractivity contribution in [1.29, 1.82) is 0 Å². The standard InChI is InChI=1S/C20H18F4N2O4S.ClH/c21-15-11-25-7-5-16(15)30-17-10-13(9-12-6-8-29-19(12)17)26-31(27,28)18-4-2-1-3-14(18)20(22,23)24;/h1-4,6,8-10,15-16,25-26H,5,7,11H2;1H/t15-,16-;/m0./s1. The molecule has 0 radical (unpaired) electrons. The molecule has 0 amide bonds. The van der Waals surface area contributed by atoms with Crippen molar-refractivity contribution in [2.45, 2.75) is 29.8 Å². The molecule has 12 heteroatoms. The number of halogens is 5. The van der Waals surface area contributed by atoms with Crippen LogP contribution in [0.3, 0.4) is 0 Å². The van der Waals surface area contributed by atoms with Crippen molar-refractivity contribution in [1.82, 2.24) is 5.32 Å². The third-order valence-corrected chi connectivity index (χ3v) is 6.32. The number of hydrogen-bond donors (Lipinski definition) is 2. The van der Waals surface area contributed by atoms with Gasteiger partial charge in [0, 0.05) is 18.0 Å². The summed E-state index contributed by atoms with van der Waals surface area (Å²) in [5.41, 5.74) is -1.03. The van der Waals surface area contributed by atoms with Crippen LogP contribution < -0.4 is 14.8 Å². The Morgan fingerprint density at radius 2 is 1.91 bits per heavy atom. The van der Waals surface area contributed by atoms with Crippen LogP contribution in [-0.2, 0) is 16.2 Å². The lowest BCUT2D eigenvalue weighted by Gasteiger charge is -2.27. The fourth-order valence-corrected chi connectivity index (χ4v) is 4.70. The second-order valence-corrected chi connectivity index (χ2v) is 8.73. The zero-order chi connectivity index (χ0) is 22.2. The van der Waals surface area contributed by atoms with Gasteiger partial charge in [-0.3, -0.25) is 4.72 Å². The normalized spacial score (nSPS) is 19.4. The molecule has 1 aromatic heterocycles. The van der Waals surface area contributed by atoms with Crippen LogP contribution >= 0.6 is 12.4 Å². The van der Waals surface area contributed by atoms with E-state index in [1.807, 2.05) is 0 Å². The van der Waals surface area contributed by atoms with E-state index in [9.17, 15) is 26.0 Å². The number of piperidine rings is 1. The van der Waals surface area contributed by atoms with Gasteiger partial charge in [-0.05, 0) is 37.2 Å². The first-order valence-corrected chi connectivity index (χ1v) is 10.9. The number of hydrogen-bond acceptors (Lipinski definition) is 5. The molecule has 1 aliphatic heterocycles. The Hall–Kier alpha value is -2.50. The van der Waals surface area contributed by atoms with Gasteiger partial charge in [0.2, 0.25) is 0 Å². The molecule has 2 atom stereocenters. The molecule has 0 bridgehead atoms. The average Bonchev–Trinajstić information content (AvgIpc) is 3.18. The van der Waals surface area contributed by atoms with Crippen LogP contribution in [0, 0.1) is 0 Å². The predicted octanol–water partition coefficient (Wildman–Crippen LogP) is 4.75. The molecular weight excluding hydrogens is 476 g/mol. The predicted molar refractivity (Wildman–Crippen MR) is 113 cm³/mol. The maximum Gasteiger partial charge on any atom is 0.417 e. The smallest absolute Gasteiger partial charge is 0.417 e. The van der Waals surface area contributed by atoms with Gasteiger partial charge >= 0.3 is 6.18 Å². The van der Waals surface area contributed by atoms with Gasteiger partial charge in [0.25, 0.3) is 10.0 Å². The fraction of sp³-hybridized carbons (Fsp3) is 0.300. The topological polar surface area (TPSA) is 80.6 Å². The van der Waals surface area contributed by atoms with Crippen LogP contribution in [0.2, 0.25) is 0 Å². The van der Waals surface area contributed by atoms with E-state index in [0.29, 0.717) is 24.4 Å². The Kier molecular flexibility index (Phi) is 6.91. The van der Waals surface area contributed by atoms with Gasteiger partial charge in [-0.15, -0.1) is 12.4 Å². The van der Waals surface area contributed by atoms with E-state index in [-0.39, 0.29) is 36.0 Å². The summed E-state index contributed by atoms with van der Waals surface area (Å²) < 4.78 is 92.8. The summed E-state index contributed by atoms with van der Waals surface area (Å²) >= 11 is 0. The third kappa shape index (κ3) is 4.94. The summed E-state index contributed by atoms with van der Waals surface area (Å²) in [6.45, 7) is 0.666. The molecular formula is C20H19ClF4N2O4S. The van der Waals surface area contributed by atoms with Gasteiger partial charge in [-0.1, -0.05) is 12.1 Å². The minimum atomic E-state index is -4.85. The van der Waals surface area contributed by atoms with Crippen molar-refractivity contribution < 1.29 is 35.1 Å². The highest BCUT2D eigenvalue weighted by Crippen LogP contribution is 2.36. The summed E-state index contributed by atoms with van der Waals surface area (Å²) in [4.78, 5) is -0.903. The highest BCUT2D eigenvalue weighted by Gasteiger charge is 2.37.